The summed E-state index contributed by atoms with van der Waals surface area (Å²) >= 11 is 3.53. The molecule has 14 heavy (non-hydrogen) atoms. The van der Waals surface area contributed by atoms with Gasteiger partial charge in [-0.3, -0.25) is 0 Å². The van der Waals surface area contributed by atoms with E-state index in [4.69, 9.17) is 9.26 Å². The fourth-order valence-corrected chi connectivity index (χ4v) is 3.53. The highest BCUT2D eigenvalue weighted by atomic mass is 79.9. The van der Waals surface area contributed by atoms with E-state index in [-0.39, 0.29) is 6.10 Å². The van der Waals surface area contributed by atoms with Gasteiger partial charge in [0.1, 0.15) is 12.6 Å². The topological polar surface area (TPSA) is 18.5 Å². The summed E-state index contributed by atoms with van der Waals surface area (Å²) in [6, 6.07) is 7.91. The molecule has 0 spiro atoms. The van der Waals surface area contributed by atoms with Crippen molar-refractivity contribution < 1.29 is 9.26 Å². The predicted octanol–water partition coefficient (Wildman–Crippen LogP) is 3.45. The molecule has 2 nitrogen and oxygen atoms in total. The normalized spacial score (nSPS) is 12.9. The minimum Gasteiger partial charge on any atom is -0.497 e. The summed E-state index contributed by atoms with van der Waals surface area (Å²) < 4.78 is 10.7. The van der Waals surface area contributed by atoms with Gasteiger partial charge in [0.25, 0.3) is 0 Å². The second-order valence-corrected chi connectivity index (χ2v) is 6.25. The van der Waals surface area contributed by atoms with Crippen LogP contribution in [0.3, 0.4) is 0 Å². The molecular formula is C10H14BrO2P. The molecule has 0 aromatic heterocycles. The Morgan fingerprint density at radius 1 is 1.21 bits per heavy atom. The van der Waals surface area contributed by atoms with Crippen LogP contribution in [0.4, 0.5) is 0 Å². The van der Waals surface area contributed by atoms with Crippen molar-refractivity contribution in [3.05, 3.63) is 24.3 Å². The zero-order chi connectivity index (χ0) is 10.6. The average Bonchev–Trinajstić information content (AvgIpc) is 2.17. The molecule has 0 bridgehead atoms. The third-order valence-corrected chi connectivity index (χ3v) is 4.62. The first-order valence-corrected chi connectivity index (χ1v) is 7.68. The van der Waals surface area contributed by atoms with Crippen molar-refractivity contribution in [2.75, 3.05) is 7.11 Å². The Balaban J connectivity index is 2.66. The molecule has 0 aliphatic carbocycles. The Labute approximate surface area is 94.2 Å². The third-order valence-electron chi connectivity index (χ3n) is 1.58. The van der Waals surface area contributed by atoms with Crippen LogP contribution in [0, 0.1) is 0 Å². The van der Waals surface area contributed by atoms with E-state index in [1.54, 1.807) is 7.11 Å². The first kappa shape index (κ1) is 12.0. The van der Waals surface area contributed by atoms with Crippen LogP contribution >= 0.6 is 22.3 Å². The van der Waals surface area contributed by atoms with Gasteiger partial charge in [-0.25, -0.2) is 0 Å². The Bertz CT molecular complexity index is 274. The van der Waals surface area contributed by atoms with Gasteiger partial charge in [0.15, 0.2) is 0 Å². The van der Waals surface area contributed by atoms with Crippen LogP contribution in [0.15, 0.2) is 24.3 Å². The van der Waals surface area contributed by atoms with Crippen LogP contribution in [0.25, 0.3) is 0 Å². The van der Waals surface area contributed by atoms with E-state index in [1.165, 1.54) is 0 Å². The minimum absolute atomic E-state index is 0.239. The minimum atomic E-state index is -0.676. The maximum absolute atomic E-state index is 5.65. The van der Waals surface area contributed by atoms with E-state index >= 15 is 0 Å². The number of ether oxygens (including phenoxy) is 1. The fraction of sp³-hybridized carbons (Fsp3) is 0.400. The summed E-state index contributed by atoms with van der Waals surface area (Å²) in [6.07, 6.45) is 0.239. The lowest BCUT2D eigenvalue weighted by atomic mass is 10.3. The Morgan fingerprint density at radius 3 is 2.21 bits per heavy atom. The van der Waals surface area contributed by atoms with E-state index in [2.05, 4.69) is 15.5 Å². The molecule has 0 N–H and O–H groups in total. The van der Waals surface area contributed by atoms with Crippen molar-refractivity contribution in [3.63, 3.8) is 0 Å². The van der Waals surface area contributed by atoms with E-state index in [0.29, 0.717) is 0 Å². The van der Waals surface area contributed by atoms with Crippen molar-refractivity contribution in [1.82, 2.24) is 0 Å². The van der Waals surface area contributed by atoms with Crippen molar-refractivity contribution in [3.8, 4) is 5.75 Å². The quantitative estimate of drug-likeness (QED) is 0.785. The Hall–Kier alpha value is -0.110. The summed E-state index contributed by atoms with van der Waals surface area (Å²) in [4.78, 5) is 0. The molecule has 0 saturated carbocycles. The molecule has 4 heteroatoms. The molecule has 0 amide bonds. The first-order chi connectivity index (χ1) is 6.63. The Kier molecular flexibility index (Phi) is 4.86. The standard InChI is InChI=1S/C10H14BrO2P/c1-8(2)13-14(11)10-6-4-9(12-3)5-7-10/h4-8H,1-3H3. The van der Waals surface area contributed by atoms with E-state index in [1.807, 2.05) is 38.1 Å². The molecule has 1 unspecified atom stereocenters. The molecule has 78 valence electrons. The molecule has 0 aliphatic heterocycles. The van der Waals surface area contributed by atoms with Crippen LogP contribution in [0.1, 0.15) is 13.8 Å². The predicted molar refractivity (Wildman–Crippen MR) is 64.7 cm³/mol. The zero-order valence-corrected chi connectivity index (χ0v) is 11.0. The fourth-order valence-electron chi connectivity index (χ4n) is 0.945. The van der Waals surface area contributed by atoms with Gasteiger partial charge >= 0.3 is 0 Å². The van der Waals surface area contributed by atoms with Crippen molar-refractivity contribution in [1.29, 1.82) is 0 Å². The zero-order valence-electron chi connectivity index (χ0n) is 8.53. The number of benzene rings is 1. The van der Waals surface area contributed by atoms with Crippen molar-refractivity contribution >= 4 is 27.6 Å². The maximum atomic E-state index is 5.65. The van der Waals surface area contributed by atoms with Crippen molar-refractivity contribution in [2.45, 2.75) is 20.0 Å². The first-order valence-electron chi connectivity index (χ1n) is 4.40. The van der Waals surface area contributed by atoms with Gasteiger partial charge in [-0.05, 0) is 53.6 Å². The second kappa shape index (κ2) is 5.69. The van der Waals surface area contributed by atoms with E-state index in [9.17, 15) is 0 Å². The summed E-state index contributed by atoms with van der Waals surface area (Å²) in [5.74, 6) is 0.870. The van der Waals surface area contributed by atoms with Gasteiger partial charge in [0.2, 0.25) is 0 Å². The van der Waals surface area contributed by atoms with Crippen LogP contribution in [0.2, 0.25) is 0 Å². The molecular weight excluding hydrogens is 263 g/mol. The number of halogens is 1. The largest absolute Gasteiger partial charge is 0.497 e. The average molecular weight is 277 g/mol. The molecule has 0 fully saturated rings. The Morgan fingerprint density at radius 2 is 1.79 bits per heavy atom. The van der Waals surface area contributed by atoms with Gasteiger partial charge < -0.3 is 9.26 Å². The van der Waals surface area contributed by atoms with Crippen LogP contribution in [-0.4, -0.2) is 13.2 Å². The highest BCUT2D eigenvalue weighted by molar-refractivity contribution is 9.39. The maximum Gasteiger partial charge on any atom is 0.130 e. The summed E-state index contributed by atoms with van der Waals surface area (Å²) in [5.41, 5.74) is 0. The molecule has 1 atom stereocenters. The summed E-state index contributed by atoms with van der Waals surface area (Å²) in [7, 11) is 1.66. The lowest BCUT2D eigenvalue weighted by molar-refractivity contribution is 0.281. The molecule has 0 radical (unpaired) electrons. The van der Waals surface area contributed by atoms with Gasteiger partial charge in [-0.1, -0.05) is 0 Å². The van der Waals surface area contributed by atoms with Gasteiger partial charge in [-0.2, -0.15) is 0 Å². The highest BCUT2D eigenvalue weighted by Crippen LogP contribution is 2.45. The molecule has 0 heterocycles. The van der Waals surface area contributed by atoms with Crippen LogP contribution in [0.5, 0.6) is 5.75 Å². The summed E-state index contributed by atoms with van der Waals surface area (Å²) in [5, 5.41) is 1.16. The lowest BCUT2D eigenvalue weighted by Crippen LogP contribution is -2.03. The smallest absolute Gasteiger partial charge is 0.130 e. The van der Waals surface area contributed by atoms with E-state index < -0.39 is 6.85 Å². The van der Waals surface area contributed by atoms with E-state index in [0.717, 1.165) is 11.1 Å². The molecule has 1 rings (SSSR count). The third kappa shape index (κ3) is 3.56. The van der Waals surface area contributed by atoms with Crippen LogP contribution < -0.4 is 10.0 Å². The molecule has 0 saturated heterocycles. The highest BCUT2D eigenvalue weighted by Gasteiger charge is 2.09. The number of rotatable bonds is 4. The summed E-state index contributed by atoms with van der Waals surface area (Å²) in [6.45, 7) is 3.38. The van der Waals surface area contributed by atoms with Gasteiger partial charge in [0.05, 0.1) is 13.2 Å². The molecule has 0 aliphatic rings. The lowest BCUT2D eigenvalue weighted by Gasteiger charge is -2.14. The van der Waals surface area contributed by atoms with Crippen LogP contribution in [-0.2, 0) is 4.52 Å². The number of methoxy groups -OCH3 is 1. The van der Waals surface area contributed by atoms with Gasteiger partial charge in [0, 0.05) is 5.30 Å². The SMILES string of the molecule is COc1ccc(P(Br)OC(C)C)cc1. The van der Waals surface area contributed by atoms with Gasteiger partial charge in [-0.15, -0.1) is 0 Å². The second-order valence-electron chi connectivity index (χ2n) is 3.10. The van der Waals surface area contributed by atoms with Crippen molar-refractivity contribution in [2.24, 2.45) is 0 Å². The molecule has 1 aromatic carbocycles. The number of hydrogen-bond donors (Lipinski definition) is 0. The monoisotopic (exact) mass is 276 g/mol. The number of hydrogen-bond acceptors (Lipinski definition) is 2. The molecule has 1 aromatic rings.